The molecule has 3 aromatic rings. The van der Waals surface area contributed by atoms with Crippen molar-refractivity contribution >= 4 is 5.88 Å². The number of furan rings is 1. The molecule has 1 aromatic carbocycles. The van der Waals surface area contributed by atoms with Crippen LogP contribution in [0.1, 0.15) is 25.2 Å². The van der Waals surface area contributed by atoms with Gasteiger partial charge in [-0.1, -0.05) is 35.5 Å². The highest BCUT2D eigenvalue weighted by molar-refractivity contribution is 5.68. The average molecular weight is 414 g/mol. The Kier molecular flexibility index (Phi) is 8.07. The molecule has 0 bridgehead atoms. The lowest BCUT2D eigenvalue weighted by Crippen LogP contribution is -2.34. The fourth-order valence-corrected chi connectivity index (χ4v) is 3.60. The second-order valence-corrected chi connectivity index (χ2v) is 7.21. The van der Waals surface area contributed by atoms with E-state index >= 15 is 0 Å². The maximum absolute atomic E-state index is 10.4. The topological polar surface area (TPSA) is 75.1 Å². The molecule has 2 heterocycles. The second kappa shape index (κ2) is 11.0. The summed E-state index contributed by atoms with van der Waals surface area (Å²) < 4.78 is 16.5. The molecule has 0 radical (unpaired) electrons. The van der Waals surface area contributed by atoms with E-state index in [2.05, 4.69) is 28.8 Å². The van der Waals surface area contributed by atoms with Gasteiger partial charge in [-0.05, 0) is 26.0 Å². The first-order chi connectivity index (χ1) is 14.7. The van der Waals surface area contributed by atoms with Gasteiger partial charge in [0.05, 0.1) is 31.1 Å². The molecule has 7 nitrogen and oxygen atoms in total. The monoisotopic (exact) mass is 413 g/mol. The summed E-state index contributed by atoms with van der Waals surface area (Å²) in [5.74, 6) is 1.60. The van der Waals surface area contributed by atoms with Gasteiger partial charge in [0.1, 0.15) is 11.5 Å². The van der Waals surface area contributed by atoms with Gasteiger partial charge in [-0.3, -0.25) is 4.90 Å². The van der Waals surface area contributed by atoms with E-state index in [9.17, 15) is 5.11 Å². The van der Waals surface area contributed by atoms with Crippen molar-refractivity contribution in [2.75, 3.05) is 38.3 Å². The molecule has 0 aliphatic rings. The van der Waals surface area contributed by atoms with Crippen molar-refractivity contribution in [3.05, 3.63) is 60.1 Å². The third-order valence-electron chi connectivity index (χ3n) is 5.03. The zero-order chi connectivity index (χ0) is 21.3. The van der Waals surface area contributed by atoms with Crippen molar-refractivity contribution < 1.29 is 18.8 Å². The molecule has 0 unspecified atom stereocenters. The van der Waals surface area contributed by atoms with Crippen molar-refractivity contribution in [1.29, 1.82) is 0 Å². The minimum atomic E-state index is -0.609. The number of hydrogen-bond acceptors (Lipinski definition) is 7. The van der Waals surface area contributed by atoms with Gasteiger partial charge in [-0.2, -0.15) is 0 Å². The maximum atomic E-state index is 10.4. The van der Waals surface area contributed by atoms with Crippen LogP contribution >= 0.6 is 0 Å². The van der Waals surface area contributed by atoms with Crippen molar-refractivity contribution in [3.8, 4) is 11.3 Å². The van der Waals surface area contributed by atoms with Crippen LogP contribution in [0.15, 0.2) is 57.7 Å². The highest BCUT2D eigenvalue weighted by Crippen LogP contribution is 2.32. The zero-order valence-corrected chi connectivity index (χ0v) is 18.0. The molecule has 2 aromatic heterocycles. The Balaban J connectivity index is 1.95. The first-order valence-electron chi connectivity index (χ1n) is 10.4. The van der Waals surface area contributed by atoms with Gasteiger partial charge in [0, 0.05) is 38.9 Å². The standard InChI is InChI=1S/C23H31N3O4/c1-4-26(5-2)23-21(22(24-30-23)18-10-7-6-8-11-18)16-25(14-19(27)17-28-3)15-20-12-9-13-29-20/h6-13,19,27H,4-5,14-17H2,1-3H3/t19-/m0/s1. The number of anilines is 1. The quantitative estimate of drug-likeness (QED) is 0.484. The third kappa shape index (κ3) is 5.50. The van der Waals surface area contributed by atoms with Crippen LogP contribution in [-0.4, -0.2) is 54.6 Å². The molecule has 0 saturated carbocycles. The lowest BCUT2D eigenvalue weighted by atomic mass is 10.1. The van der Waals surface area contributed by atoms with Crippen LogP contribution in [0.4, 0.5) is 5.88 Å². The Morgan fingerprint density at radius 2 is 1.83 bits per heavy atom. The van der Waals surface area contributed by atoms with E-state index in [0.29, 0.717) is 19.6 Å². The fourth-order valence-electron chi connectivity index (χ4n) is 3.60. The summed E-state index contributed by atoms with van der Waals surface area (Å²) in [6.07, 6.45) is 1.05. The van der Waals surface area contributed by atoms with Crippen LogP contribution in [0, 0.1) is 0 Å². The third-order valence-corrected chi connectivity index (χ3v) is 5.03. The largest absolute Gasteiger partial charge is 0.468 e. The van der Waals surface area contributed by atoms with Gasteiger partial charge in [0.25, 0.3) is 0 Å². The van der Waals surface area contributed by atoms with Crippen molar-refractivity contribution in [3.63, 3.8) is 0 Å². The summed E-state index contributed by atoms with van der Waals surface area (Å²) in [7, 11) is 1.59. The summed E-state index contributed by atoms with van der Waals surface area (Å²) in [5, 5.41) is 14.8. The first-order valence-corrected chi connectivity index (χ1v) is 10.4. The second-order valence-electron chi connectivity index (χ2n) is 7.21. The van der Waals surface area contributed by atoms with Gasteiger partial charge in [-0.25, -0.2) is 0 Å². The number of nitrogens with zero attached hydrogens (tertiary/aromatic N) is 3. The maximum Gasteiger partial charge on any atom is 0.232 e. The Bertz CT molecular complexity index is 860. The van der Waals surface area contributed by atoms with Gasteiger partial charge in [0.15, 0.2) is 0 Å². The molecule has 0 aliphatic heterocycles. The van der Waals surface area contributed by atoms with E-state index in [1.165, 1.54) is 0 Å². The van der Waals surface area contributed by atoms with E-state index in [-0.39, 0.29) is 6.61 Å². The van der Waals surface area contributed by atoms with Gasteiger partial charge >= 0.3 is 0 Å². The number of aliphatic hydroxyl groups excluding tert-OH is 1. The molecule has 0 saturated heterocycles. The van der Waals surface area contributed by atoms with Crippen LogP contribution in [0.25, 0.3) is 11.3 Å². The molecule has 0 fully saturated rings. The summed E-state index contributed by atoms with van der Waals surface area (Å²) >= 11 is 0. The molecule has 0 amide bonds. The Labute approximate surface area is 177 Å². The minimum absolute atomic E-state index is 0.271. The van der Waals surface area contributed by atoms with Gasteiger partial charge in [0.2, 0.25) is 5.88 Å². The SMILES string of the molecule is CCN(CC)c1onc(-c2ccccc2)c1CN(Cc1ccco1)C[C@H](O)COC. The predicted molar refractivity (Wildman–Crippen MR) is 116 cm³/mol. The lowest BCUT2D eigenvalue weighted by Gasteiger charge is -2.26. The van der Waals surface area contributed by atoms with Crippen LogP contribution < -0.4 is 4.90 Å². The lowest BCUT2D eigenvalue weighted by molar-refractivity contribution is 0.0323. The number of rotatable bonds is 12. The summed E-state index contributed by atoms with van der Waals surface area (Å²) in [4.78, 5) is 4.29. The Morgan fingerprint density at radius 1 is 1.07 bits per heavy atom. The summed E-state index contributed by atoms with van der Waals surface area (Å²) in [6, 6.07) is 13.8. The molecule has 0 spiro atoms. The van der Waals surface area contributed by atoms with Gasteiger partial charge in [-0.15, -0.1) is 0 Å². The van der Waals surface area contributed by atoms with Crippen LogP contribution in [-0.2, 0) is 17.8 Å². The average Bonchev–Trinajstić information content (AvgIpc) is 3.40. The summed E-state index contributed by atoms with van der Waals surface area (Å²) in [6.45, 7) is 7.65. The van der Waals surface area contributed by atoms with E-state index < -0.39 is 6.10 Å². The molecule has 0 aliphatic carbocycles. The number of hydrogen-bond donors (Lipinski definition) is 1. The van der Waals surface area contributed by atoms with E-state index in [4.69, 9.17) is 13.7 Å². The first kappa shape index (κ1) is 22.1. The minimum Gasteiger partial charge on any atom is -0.468 e. The number of aliphatic hydroxyl groups is 1. The highest BCUT2D eigenvalue weighted by Gasteiger charge is 2.24. The number of aromatic nitrogens is 1. The smallest absolute Gasteiger partial charge is 0.232 e. The zero-order valence-electron chi connectivity index (χ0n) is 18.0. The van der Waals surface area contributed by atoms with Crippen molar-refractivity contribution in [2.24, 2.45) is 0 Å². The van der Waals surface area contributed by atoms with E-state index in [1.54, 1.807) is 13.4 Å². The highest BCUT2D eigenvalue weighted by atomic mass is 16.5. The number of methoxy groups -OCH3 is 1. The number of benzene rings is 1. The predicted octanol–water partition coefficient (Wildman–Crippen LogP) is 3.79. The summed E-state index contributed by atoms with van der Waals surface area (Å²) in [5.41, 5.74) is 2.83. The molecule has 3 rings (SSSR count). The van der Waals surface area contributed by atoms with Crippen molar-refractivity contribution in [1.82, 2.24) is 10.1 Å². The fraction of sp³-hybridized carbons (Fsp3) is 0.435. The molecular weight excluding hydrogens is 382 g/mol. The molecule has 30 heavy (non-hydrogen) atoms. The molecule has 162 valence electrons. The van der Waals surface area contributed by atoms with Crippen LogP contribution in [0.5, 0.6) is 0 Å². The molecule has 1 N–H and O–H groups in total. The molecule has 1 atom stereocenters. The molecular formula is C23H31N3O4. The Morgan fingerprint density at radius 3 is 2.47 bits per heavy atom. The normalized spacial score (nSPS) is 12.4. The van der Waals surface area contributed by atoms with Crippen LogP contribution in [0.3, 0.4) is 0 Å². The van der Waals surface area contributed by atoms with Crippen molar-refractivity contribution in [2.45, 2.75) is 33.0 Å². The number of ether oxygens (including phenoxy) is 1. The van der Waals surface area contributed by atoms with Crippen LogP contribution in [0.2, 0.25) is 0 Å². The van der Waals surface area contributed by atoms with Gasteiger partial charge < -0.3 is 23.7 Å². The van der Waals surface area contributed by atoms with E-state index in [0.717, 1.165) is 41.6 Å². The van der Waals surface area contributed by atoms with E-state index in [1.807, 2.05) is 42.5 Å². The molecule has 7 heteroatoms. The Hall–Kier alpha value is -2.61.